The molecule has 0 radical (unpaired) electrons. The van der Waals surface area contributed by atoms with Gasteiger partial charge in [-0.05, 0) is 40.8 Å². The van der Waals surface area contributed by atoms with Crippen molar-refractivity contribution < 1.29 is 0 Å². The number of H-pyrrole nitrogens is 1. The quantitative estimate of drug-likeness (QED) is 0.733. The standard InChI is InChI=1S/C9H7IN2O2/c1-12-7-4-5(10)2-3-6(7)8(13)11-9(12)14/h2-4H,1H3,(H,11,13,14). The molecule has 0 aliphatic rings. The molecule has 1 aromatic carbocycles. The molecule has 1 aromatic heterocycles. The van der Waals surface area contributed by atoms with E-state index in [0.717, 1.165) is 3.57 Å². The number of fused-ring (bicyclic) bond motifs is 1. The summed E-state index contributed by atoms with van der Waals surface area (Å²) < 4.78 is 2.43. The molecule has 1 heterocycles. The van der Waals surface area contributed by atoms with Gasteiger partial charge in [0.05, 0.1) is 10.9 Å². The zero-order chi connectivity index (χ0) is 10.3. The Morgan fingerprint density at radius 2 is 2.07 bits per heavy atom. The van der Waals surface area contributed by atoms with Gasteiger partial charge in [0.1, 0.15) is 0 Å². The summed E-state index contributed by atoms with van der Waals surface area (Å²) in [6.45, 7) is 0. The van der Waals surface area contributed by atoms with E-state index < -0.39 is 0 Å². The van der Waals surface area contributed by atoms with Crippen molar-refractivity contribution in [2.24, 2.45) is 7.05 Å². The van der Waals surface area contributed by atoms with Crippen molar-refractivity contribution in [2.45, 2.75) is 0 Å². The summed E-state index contributed by atoms with van der Waals surface area (Å²) in [4.78, 5) is 24.9. The van der Waals surface area contributed by atoms with Crippen LogP contribution in [0.1, 0.15) is 0 Å². The maximum Gasteiger partial charge on any atom is 0.328 e. The molecule has 1 N–H and O–H groups in total. The highest BCUT2D eigenvalue weighted by atomic mass is 127. The third-order valence-electron chi connectivity index (χ3n) is 2.09. The molecule has 72 valence electrons. The van der Waals surface area contributed by atoms with Crippen molar-refractivity contribution in [2.75, 3.05) is 0 Å². The highest BCUT2D eigenvalue weighted by molar-refractivity contribution is 14.1. The van der Waals surface area contributed by atoms with Gasteiger partial charge in [-0.2, -0.15) is 0 Å². The minimum absolute atomic E-state index is 0.334. The topological polar surface area (TPSA) is 54.9 Å². The van der Waals surface area contributed by atoms with Crippen LogP contribution in [0.15, 0.2) is 27.8 Å². The molecule has 0 spiro atoms. The van der Waals surface area contributed by atoms with E-state index in [1.54, 1.807) is 13.1 Å². The maximum atomic E-state index is 11.4. The lowest BCUT2D eigenvalue weighted by molar-refractivity contribution is 0.842. The highest BCUT2D eigenvalue weighted by Gasteiger charge is 2.03. The van der Waals surface area contributed by atoms with Crippen molar-refractivity contribution >= 4 is 33.5 Å². The largest absolute Gasteiger partial charge is 0.328 e. The Balaban J connectivity index is 3.11. The smallest absolute Gasteiger partial charge is 0.296 e. The van der Waals surface area contributed by atoms with E-state index in [1.165, 1.54) is 4.57 Å². The van der Waals surface area contributed by atoms with Crippen LogP contribution in [0.4, 0.5) is 0 Å². The maximum absolute atomic E-state index is 11.4. The number of halogens is 1. The molecule has 0 saturated carbocycles. The number of rotatable bonds is 0. The number of nitrogens with zero attached hydrogens (tertiary/aromatic N) is 1. The monoisotopic (exact) mass is 302 g/mol. The van der Waals surface area contributed by atoms with Crippen molar-refractivity contribution in [3.8, 4) is 0 Å². The molecule has 14 heavy (non-hydrogen) atoms. The van der Waals surface area contributed by atoms with Crippen LogP contribution in [-0.2, 0) is 7.05 Å². The highest BCUT2D eigenvalue weighted by Crippen LogP contribution is 2.11. The number of nitrogens with one attached hydrogen (secondary N) is 1. The van der Waals surface area contributed by atoms with Gasteiger partial charge in [0.2, 0.25) is 0 Å². The minimum atomic E-state index is -0.385. The molecule has 0 aliphatic heterocycles. The Morgan fingerprint density at radius 3 is 2.79 bits per heavy atom. The molecule has 0 bridgehead atoms. The summed E-state index contributed by atoms with van der Waals surface area (Å²) in [6, 6.07) is 5.37. The van der Waals surface area contributed by atoms with E-state index in [-0.39, 0.29) is 11.2 Å². The molecule has 2 rings (SSSR count). The second-order valence-electron chi connectivity index (χ2n) is 2.98. The van der Waals surface area contributed by atoms with E-state index in [0.29, 0.717) is 10.9 Å². The van der Waals surface area contributed by atoms with Gasteiger partial charge in [0, 0.05) is 10.6 Å². The summed E-state index contributed by atoms with van der Waals surface area (Å²) in [5.74, 6) is 0. The Morgan fingerprint density at radius 1 is 1.36 bits per heavy atom. The Bertz CT molecular complexity index is 612. The second kappa shape index (κ2) is 3.23. The lowest BCUT2D eigenvalue weighted by Crippen LogP contribution is -2.28. The third-order valence-corrected chi connectivity index (χ3v) is 2.76. The third kappa shape index (κ3) is 1.37. The van der Waals surface area contributed by atoms with Gasteiger partial charge in [-0.15, -0.1) is 0 Å². The summed E-state index contributed by atoms with van der Waals surface area (Å²) in [5.41, 5.74) is -0.0605. The molecule has 0 unspecified atom stereocenters. The molecule has 0 aliphatic carbocycles. The molecule has 4 nitrogen and oxygen atoms in total. The number of aryl methyl sites for hydroxylation is 1. The molecular weight excluding hydrogens is 295 g/mol. The number of hydrogen-bond donors (Lipinski definition) is 1. The van der Waals surface area contributed by atoms with Crippen LogP contribution < -0.4 is 11.2 Å². The zero-order valence-electron chi connectivity index (χ0n) is 7.37. The van der Waals surface area contributed by atoms with Gasteiger partial charge in [-0.25, -0.2) is 4.79 Å². The SMILES string of the molecule is Cn1c(=O)[nH]c(=O)c2ccc(I)cc21. The predicted molar refractivity (Wildman–Crippen MR) is 62.5 cm³/mol. The van der Waals surface area contributed by atoms with Gasteiger partial charge in [0.15, 0.2) is 0 Å². The average Bonchev–Trinajstić information content (AvgIpc) is 2.14. The second-order valence-corrected chi connectivity index (χ2v) is 4.23. The van der Waals surface area contributed by atoms with Gasteiger partial charge in [-0.1, -0.05) is 0 Å². The fourth-order valence-electron chi connectivity index (χ4n) is 1.33. The van der Waals surface area contributed by atoms with E-state index in [9.17, 15) is 9.59 Å². The van der Waals surface area contributed by atoms with Crippen LogP contribution in [0.3, 0.4) is 0 Å². The minimum Gasteiger partial charge on any atom is -0.296 e. The van der Waals surface area contributed by atoms with Crippen LogP contribution in [-0.4, -0.2) is 9.55 Å². The predicted octanol–water partition coefficient (Wildman–Crippen LogP) is 0.831. The first-order chi connectivity index (χ1) is 6.59. The van der Waals surface area contributed by atoms with Crippen LogP contribution in [0.25, 0.3) is 10.9 Å². The summed E-state index contributed by atoms with van der Waals surface area (Å²) >= 11 is 2.14. The first kappa shape index (κ1) is 9.45. The van der Waals surface area contributed by atoms with Crippen molar-refractivity contribution in [1.29, 1.82) is 0 Å². The summed E-state index contributed by atoms with van der Waals surface area (Å²) in [7, 11) is 1.64. The number of aromatic nitrogens is 2. The fourth-order valence-corrected chi connectivity index (χ4v) is 1.81. The summed E-state index contributed by atoms with van der Waals surface area (Å²) in [6.07, 6.45) is 0. The molecule has 0 amide bonds. The van der Waals surface area contributed by atoms with Crippen LogP contribution in [0.2, 0.25) is 0 Å². The molecule has 0 atom stereocenters. The van der Waals surface area contributed by atoms with Gasteiger partial charge >= 0.3 is 5.69 Å². The Hall–Kier alpha value is -1.11. The zero-order valence-corrected chi connectivity index (χ0v) is 9.53. The first-order valence-electron chi connectivity index (χ1n) is 3.98. The number of hydrogen-bond acceptors (Lipinski definition) is 2. The van der Waals surface area contributed by atoms with Gasteiger partial charge in [-0.3, -0.25) is 14.3 Å². The molecule has 0 saturated heterocycles. The molecule has 5 heteroatoms. The van der Waals surface area contributed by atoms with Crippen molar-refractivity contribution in [3.05, 3.63) is 42.6 Å². The van der Waals surface area contributed by atoms with Crippen LogP contribution >= 0.6 is 22.6 Å². The van der Waals surface area contributed by atoms with Crippen molar-refractivity contribution in [1.82, 2.24) is 9.55 Å². The normalized spacial score (nSPS) is 10.7. The van der Waals surface area contributed by atoms with E-state index in [2.05, 4.69) is 27.6 Å². The first-order valence-corrected chi connectivity index (χ1v) is 5.06. The molecule has 0 fully saturated rings. The molecule has 2 aromatic rings. The van der Waals surface area contributed by atoms with Crippen LogP contribution in [0, 0.1) is 3.57 Å². The van der Waals surface area contributed by atoms with E-state index in [1.807, 2.05) is 12.1 Å². The Labute approximate surface area is 92.7 Å². The number of benzene rings is 1. The lowest BCUT2D eigenvalue weighted by atomic mass is 10.2. The Kier molecular flexibility index (Phi) is 2.18. The van der Waals surface area contributed by atoms with Gasteiger partial charge < -0.3 is 0 Å². The fraction of sp³-hybridized carbons (Fsp3) is 0.111. The van der Waals surface area contributed by atoms with Crippen LogP contribution in [0.5, 0.6) is 0 Å². The van der Waals surface area contributed by atoms with Gasteiger partial charge in [0.25, 0.3) is 5.56 Å². The number of aromatic amines is 1. The van der Waals surface area contributed by atoms with Crippen molar-refractivity contribution in [3.63, 3.8) is 0 Å². The molecular formula is C9H7IN2O2. The summed E-state index contributed by atoms with van der Waals surface area (Å²) in [5, 5.41) is 0.535. The lowest BCUT2D eigenvalue weighted by Gasteiger charge is -2.02. The van der Waals surface area contributed by atoms with E-state index >= 15 is 0 Å². The van der Waals surface area contributed by atoms with E-state index in [4.69, 9.17) is 0 Å². The average molecular weight is 302 g/mol.